The van der Waals surface area contributed by atoms with Crippen LogP contribution in [0, 0.1) is 0 Å². The smallest absolute Gasteiger partial charge is 0.427 e. The van der Waals surface area contributed by atoms with Gasteiger partial charge in [-0.1, -0.05) is 48.5 Å². The molecular weight excluding hydrogens is 276 g/mol. The lowest BCUT2D eigenvalue weighted by molar-refractivity contribution is 0.116. The summed E-state index contributed by atoms with van der Waals surface area (Å²) < 4.78 is 10.7. The van der Waals surface area contributed by atoms with Gasteiger partial charge in [0.15, 0.2) is 6.10 Å². The van der Waals surface area contributed by atoms with E-state index in [0.29, 0.717) is 0 Å². The maximum atomic E-state index is 11.5. The molecule has 0 radical (unpaired) electrons. The van der Waals surface area contributed by atoms with Gasteiger partial charge < -0.3 is 9.47 Å². The first-order valence-electron chi connectivity index (χ1n) is 7.62. The quantitative estimate of drug-likeness (QED) is 0.451. The Morgan fingerprint density at radius 3 is 2.68 bits per heavy atom. The van der Waals surface area contributed by atoms with Crippen molar-refractivity contribution in [3.8, 4) is 0 Å². The molecule has 1 aliphatic carbocycles. The van der Waals surface area contributed by atoms with Crippen LogP contribution in [0.4, 0.5) is 4.79 Å². The van der Waals surface area contributed by atoms with Gasteiger partial charge in [-0.3, -0.25) is 0 Å². The van der Waals surface area contributed by atoms with Crippen molar-refractivity contribution in [2.45, 2.75) is 25.0 Å². The van der Waals surface area contributed by atoms with Crippen LogP contribution in [0.1, 0.15) is 23.7 Å². The molecule has 0 saturated carbocycles. The fourth-order valence-electron chi connectivity index (χ4n) is 3.86. The Kier molecular flexibility index (Phi) is 2.31. The number of fused-ring (bicyclic) bond motifs is 7. The van der Waals surface area contributed by atoms with E-state index in [1.54, 1.807) is 0 Å². The molecule has 1 aliphatic heterocycles. The standard InChI is InChI=1S/C19H14O3/c20-19-21-16-10-7-12-6-8-14-13-4-2-1-3-11(13)5-9-15(14)17(12)18(16)22-19/h1-6,8-9,16,18H,7,10H2/t16-,18-/m1/s1. The third-order valence-corrected chi connectivity index (χ3v) is 4.85. The van der Waals surface area contributed by atoms with Crippen LogP contribution in [-0.4, -0.2) is 12.3 Å². The van der Waals surface area contributed by atoms with Crippen molar-refractivity contribution in [1.29, 1.82) is 0 Å². The predicted octanol–water partition coefficient (Wildman–Crippen LogP) is 4.52. The monoisotopic (exact) mass is 290 g/mol. The highest BCUT2D eigenvalue weighted by Crippen LogP contribution is 2.43. The molecule has 0 aromatic heterocycles. The van der Waals surface area contributed by atoms with Gasteiger partial charge in [0, 0.05) is 5.56 Å². The number of hydrogen-bond donors (Lipinski definition) is 0. The molecule has 3 heteroatoms. The molecule has 22 heavy (non-hydrogen) atoms. The summed E-state index contributed by atoms with van der Waals surface area (Å²) in [6.07, 6.45) is 0.817. The molecule has 0 spiro atoms. The molecule has 3 nitrogen and oxygen atoms in total. The molecule has 2 aliphatic rings. The first kappa shape index (κ1) is 12.0. The molecule has 1 fully saturated rings. The van der Waals surface area contributed by atoms with Crippen molar-refractivity contribution in [3.05, 3.63) is 59.7 Å². The highest BCUT2D eigenvalue weighted by molar-refractivity contribution is 6.09. The van der Waals surface area contributed by atoms with Gasteiger partial charge >= 0.3 is 6.16 Å². The normalized spacial score (nSPS) is 23.0. The summed E-state index contributed by atoms with van der Waals surface area (Å²) in [5.41, 5.74) is 2.40. The third-order valence-electron chi connectivity index (χ3n) is 4.85. The Morgan fingerprint density at radius 2 is 1.73 bits per heavy atom. The Balaban J connectivity index is 1.85. The van der Waals surface area contributed by atoms with Gasteiger partial charge in [-0.05, 0) is 39.9 Å². The highest BCUT2D eigenvalue weighted by Gasteiger charge is 2.42. The van der Waals surface area contributed by atoms with Crippen molar-refractivity contribution >= 4 is 27.7 Å². The van der Waals surface area contributed by atoms with Crippen molar-refractivity contribution in [2.24, 2.45) is 0 Å². The number of carbonyl (C=O) groups excluding carboxylic acids is 1. The van der Waals surface area contributed by atoms with Gasteiger partial charge in [-0.15, -0.1) is 0 Å². The third kappa shape index (κ3) is 1.54. The zero-order valence-electron chi connectivity index (χ0n) is 11.9. The Labute approximate surface area is 127 Å². The van der Waals surface area contributed by atoms with Gasteiger partial charge in [0.05, 0.1) is 0 Å². The lowest BCUT2D eigenvalue weighted by atomic mass is 9.83. The largest absolute Gasteiger partial charge is 0.509 e. The van der Waals surface area contributed by atoms with Crippen LogP contribution in [0.3, 0.4) is 0 Å². The van der Waals surface area contributed by atoms with Crippen LogP contribution in [-0.2, 0) is 15.9 Å². The zero-order chi connectivity index (χ0) is 14.7. The minimum absolute atomic E-state index is 0.142. The van der Waals surface area contributed by atoms with E-state index in [1.165, 1.54) is 27.1 Å². The summed E-state index contributed by atoms with van der Waals surface area (Å²) >= 11 is 0. The van der Waals surface area contributed by atoms with Crippen LogP contribution in [0.5, 0.6) is 0 Å². The van der Waals surface area contributed by atoms with Crippen molar-refractivity contribution in [2.75, 3.05) is 0 Å². The Bertz CT molecular complexity index is 929. The van der Waals surface area contributed by atoms with E-state index in [2.05, 4.69) is 48.5 Å². The van der Waals surface area contributed by atoms with E-state index in [4.69, 9.17) is 9.47 Å². The highest BCUT2D eigenvalue weighted by atomic mass is 16.8. The number of rotatable bonds is 0. The topological polar surface area (TPSA) is 35.5 Å². The molecule has 5 rings (SSSR count). The molecule has 3 aromatic carbocycles. The first-order valence-corrected chi connectivity index (χ1v) is 7.62. The maximum absolute atomic E-state index is 11.5. The van der Waals surface area contributed by atoms with Crippen LogP contribution in [0.15, 0.2) is 48.5 Å². The Hall–Kier alpha value is -2.55. The molecule has 2 atom stereocenters. The second-order valence-electron chi connectivity index (χ2n) is 6.00. The van der Waals surface area contributed by atoms with E-state index in [1.807, 2.05) is 0 Å². The minimum Gasteiger partial charge on any atom is -0.427 e. The van der Waals surface area contributed by atoms with E-state index in [0.717, 1.165) is 18.4 Å². The van der Waals surface area contributed by atoms with Gasteiger partial charge in [0.2, 0.25) is 0 Å². The molecule has 108 valence electrons. The van der Waals surface area contributed by atoms with Gasteiger partial charge in [-0.25, -0.2) is 4.79 Å². The molecule has 0 bridgehead atoms. The number of aryl methyl sites for hydroxylation is 1. The second-order valence-corrected chi connectivity index (χ2v) is 6.00. The summed E-state index contributed by atoms with van der Waals surface area (Å²) in [7, 11) is 0. The minimum atomic E-state index is -0.541. The predicted molar refractivity (Wildman–Crippen MR) is 83.9 cm³/mol. The van der Waals surface area contributed by atoms with E-state index >= 15 is 0 Å². The maximum Gasteiger partial charge on any atom is 0.509 e. The van der Waals surface area contributed by atoms with E-state index < -0.39 is 6.16 Å². The zero-order valence-corrected chi connectivity index (χ0v) is 11.9. The summed E-state index contributed by atoms with van der Waals surface area (Å²) in [6, 6.07) is 17.0. The Morgan fingerprint density at radius 1 is 0.864 bits per heavy atom. The molecule has 0 unspecified atom stereocenters. The lowest BCUT2D eigenvalue weighted by Crippen LogP contribution is -2.22. The molecule has 1 saturated heterocycles. The average Bonchev–Trinajstić information content (AvgIpc) is 2.94. The van der Waals surface area contributed by atoms with Crippen molar-refractivity contribution in [1.82, 2.24) is 0 Å². The van der Waals surface area contributed by atoms with Crippen LogP contribution < -0.4 is 0 Å². The summed E-state index contributed by atoms with van der Waals surface area (Å²) in [6.45, 7) is 0. The van der Waals surface area contributed by atoms with Gasteiger partial charge in [-0.2, -0.15) is 0 Å². The van der Waals surface area contributed by atoms with Gasteiger partial charge in [0.25, 0.3) is 0 Å². The first-order chi connectivity index (χ1) is 10.8. The fraction of sp³-hybridized carbons (Fsp3) is 0.211. The molecule has 0 amide bonds. The second kappa shape index (κ2) is 4.23. The number of ether oxygens (including phenoxy) is 2. The number of carbonyl (C=O) groups is 1. The van der Waals surface area contributed by atoms with Crippen LogP contribution >= 0.6 is 0 Å². The molecule has 1 heterocycles. The molecule has 0 N–H and O–H groups in total. The molecule has 3 aromatic rings. The van der Waals surface area contributed by atoms with Crippen LogP contribution in [0.25, 0.3) is 21.5 Å². The lowest BCUT2D eigenvalue weighted by Gasteiger charge is -2.26. The van der Waals surface area contributed by atoms with E-state index in [9.17, 15) is 4.79 Å². The van der Waals surface area contributed by atoms with Crippen molar-refractivity contribution in [3.63, 3.8) is 0 Å². The van der Waals surface area contributed by atoms with E-state index in [-0.39, 0.29) is 12.2 Å². The number of hydrogen-bond acceptors (Lipinski definition) is 3. The number of benzene rings is 3. The molecular formula is C19H14O3. The SMILES string of the molecule is O=C1O[C@@H]2CCc3ccc4c(ccc5ccccc54)c3[C@@H]2O1. The van der Waals surface area contributed by atoms with Crippen LogP contribution in [0.2, 0.25) is 0 Å². The fourth-order valence-corrected chi connectivity index (χ4v) is 3.86. The van der Waals surface area contributed by atoms with Crippen molar-refractivity contribution < 1.29 is 14.3 Å². The summed E-state index contributed by atoms with van der Waals surface area (Å²) in [4.78, 5) is 11.5. The summed E-state index contributed by atoms with van der Waals surface area (Å²) in [5, 5.41) is 4.83. The summed E-state index contributed by atoms with van der Waals surface area (Å²) in [5.74, 6) is 0. The average molecular weight is 290 g/mol. The van der Waals surface area contributed by atoms with Gasteiger partial charge in [0.1, 0.15) is 6.10 Å².